The summed E-state index contributed by atoms with van der Waals surface area (Å²) in [6.45, 7) is 17.4. The van der Waals surface area contributed by atoms with Crippen LogP contribution in [0.15, 0.2) is 34.9 Å². The summed E-state index contributed by atoms with van der Waals surface area (Å²) in [6.07, 6.45) is 0.548. The highest BCUT2D eigenvalue weighted by Gasteiger charge is 2.28. The largest absolute Gasteiger partial charge is 0.294 e. The fourth-order valence-electron chi connectivity index (χ4n) is 3.47. The van der Waals surface area contributed by atoms with E-state index < -0.39 is 0 Å². The number of ketones is 1. The van der Waals surface area contributed by atoms with E-state index in [2.05, 4.69) is 66.7 Å². The Balaban J connectivity index is 2.67. The molecule has 1 atom stereocenters. The molecule has 1 aromatic carbocycles. The Hall–Kier alpha value is -1.63. The summed E-state index contributed by atoms with van der Waals surface area (Å²) in [4.78, 5) is 12.6. The second-order valence-electron chi connectivity index (χ2n) is 7.86. The first kappa shape index (κ1) is 17.7. The van der Waals surface area contributed by atoms with Gasteiger partial charge in [-0.2, -0.15) is 0 Å². The molecular weight excluding hydrogens is 280 g/mol. The lowest BCUT2D eigenvalue weighted by atomic mass is 9.81. The number of benzene rings is 1. The van der Waals surface area contributed by atoms with E-state index in [1.54, 1.807) is 0 Å². The third-order valence-electron chi connectivity index (χ3n) is 5.44. The molecule has 1 nitrogen and oxygen atoms in total. The topological polar surface area (TPSA) is 17.1 Å². The van der Waals surface area contributed by atoms with Crippen LogP contribution in [0.5, 0.6) is 0 Å². The summed E-state index contributed by atoms with van der Waals surface area (Å²) in [5.74, 6) is 0.625. The molecule has 0 saturated carbocycles. The number of allylic oxidation sites excluding steroid dienone is 4. The fourth-order valence-corrected chi connectivity index (χ4v) is 3.47. The van der Waals surface area contributed by atoms with Crippen LogP contribution in [0.2, 0.25) is 0 Å². The number of Topliss-reactive ketones (excluding diaryl/α,β-unsaturated/α-hetero) is 1. The molecule has 0 amide bonds. The van der Waals surface area contributed by atoms with Gasteiger partial charge >= 0.3 is 0 Å². The first-order valence-electron chi connectivity index (χ1n) is 8.66. The Bertz CT molecular complexity index is 708. The molecule has 0 saturated heterocycles. The summed E-state index contributed by atoms with van der Waals surface area (Å²) >= 11 is 0. The summed E-state index contributed by atoms with van der Waals surface area (Å²) in [5.41, 5.74) is 8.77. The number of carbonyl (C=O) groups is 1. The minimum absolute atomic E-state index is 0.0517. The monoisotopic (exact) mass is 310 g/mol. The Kier molecular flexibility index (Phi) is 4.71. The molecule has 0 heterocycles. The van der Waals surface area contributed by atoms with E-state index in [-0.39, 0.29) is 11.2 Å². The van der Waals surface area contributed by atoms with Crippen LogP contribution in [0, 0.1) is 5.92 Å². The van der Waals surface area contributed by atoms with Crippen molar-refractivity contribution in [2.45, 2.75) is 67.2 Å². The Morgan fingerprint density at radius 2 is 1.70 bits per heavy atom. The van der Waals surface area contributed by atoms with E-state index in [1.165, 1.54) is 27.9 Å². The van der Waals surface area contributed by atoms with Crippen LogP contribution in [0.3, 0.4) is 0 Å². The molecule has 1 aromatic rings. The van der Waals surface area contributed by atoms with Gasteiger partial charge in [-0.3, -0.25) is 4.79 Å². The molecule has 124 valence electrons. The Morgan fingerprint density at radius 1 is 1.09 bits per heavy atom. The average Bonchev–Trinajstić information content (AvgIpc) is 2.69. The van der Waals surface area contributed by atoms with Gasteiger partial charge in [0, 0.05) is 17.9 Å². The van der Waals surface area contributed by atoms with Crippen molar-refractivity contribution in [1.29, 1.82) is 0 Å². The van der Waals surface area contributed by atoms with Crippen LogP contribution >= 0.6 is 0 Å². The normalized spacial score (nSPS) is 18.9. The van der Waals surface area contributed by atoms with Gasteiger partial charge in [-0.25, -0.2) is 0 Å². The van der Waals surface area contributed by atoms with Gasteiger partial charge in [-0.15, -0.1) is 0 Å². The van der Waals surface area contributed by atoms with Gasteiger partial charge in [0.2, 0.25) is 0 Å². The summed E-state index contributed by atoms with van der Waals surface area (Å²) in [7, 11) is 0. The second-order valence-corrected chi connectivity index (χ2v) is 7.86. The molecule has 0 spiro atoms. The van der Waals surface area contributed by atoms with E-state index >= 15 is 0 Å². The van der Waals surface area contributed by atoms with Crippen LogP contribution in [0.25, 0.3) is 5.57 Å². The van der Waals surface area contributed by atoms with Crippen molar-refractivity contribution in [1.82, 2.24) is 0 Å². The number of hydrogen-bond donors (Lipinski definition) is 0. The molecule has 0 radical (unpaired) electrons. The van der Waals surface area contributed by atoms with Crippen molar-refractivity contribution in [2.24, 2.45) is 5.92 Å². The van der Waals surface area contributed by atoms with Gasteiger partial charge in [0.1, 0.15) is 0 Å². The maximum Gasteiger partial charge on any atom is 0.163 e. The first-order chi connectivity index (χ1) is 10.6. The highest BCUT2D eigenvalue weighted by atomic mass is 16.1. The van der Waals surface area contributed by atoms with E-state index in [1.807, 2.05) is 6.92 Å². The summed E-state index contributed by atoms with van der Waals surface area (Å²) in [5, 5.41) is 0. The lowest BCUT2D eigenvalue weighted by molar-refractivity contribution is 0.0987. The fraction of sp³-hybridized carbons (Fsp3) is 0.500. The smallest absolute Gasteiger partial charge is 0.163 e. The molecule has 0 bridgehead atoms. The molecular formula is C22H30O. The molecule has 1 aliphatic rings. The third kappa shape index (κ3) is 3.06. The van der Waals surface area contributed by atoms with Crippen LogP contribution < -0.4 is 0 Å². The van der Waals surface area contributed by atoms with Crippen LogP contribution in [0.1, 0.15) is 83.3 Å². The molecule has 0 N–H and O–H groups in total. The molecule has 0 fully saturated rings. The van der Waals surface area contributed by atoms with E-state index in [0.717, 1.165) is 11.1 Å². The molecule has 1 unspecified atom stereocenters. The van der Waals surface area contributed by atoms with Gasteiger partial charge in [-0.1, -0.05) is 52.3 Å². The lowest BCUT2D eigenvalue weighted by Gasteiger charge is -2.23. The van der Waals surface area contributed by atoms with Gasteiger partial charge in [0.25, 0.3) is 0 Å². The summed E-state index contributed by atoms with van der Waals surface area (Å²) < 4.78 is 0. The highest BCUT2D eigenvalue weighted by molar-refractivity contribution is 6.02. The van der Waals surface area contributed by atoms with Crippen molar-refractivity contribution < 1.29 is 4.79 Å². The molecule has 2 rings (SSSR count). The minimum atomic E-state index is 0.0517. The number of hydrogen-bond acceptors (Lipinski definition) is 1. The molecule has 0 aromatic heterocycles. The lowest BCUT2D eigenvalue weighted by Crippen LogP contribution is -2.14. The van der Waals surface area contributed by atoms with Crippen molar-refractivity contribution in [3.05, 3.63) is 51.6 Å². The predicted octanol–water partition coefficient (Wildman–Crippen LogP) is 6.34. The van der Waals surface area contributed by atoms with Gasteiger partial charge in [-0.05, 0) is 60.1 Å². The van der Waals surface area contributed by atoms with E-state index in [4.69, 9.17) is 0 Å². The average molecular weight is 310 g/mol. The maximum absolute atomic E-state index is 12.6. The van der Waals surface area contributed by atoms with Crippen LogP contribution in [-0.4, -0.2) is 5.78 Å². The molecule has 23 heavy (non-hydrogen) atoms. The second kappa shape index (κ2) is 6.11. The summed E-state index contributed by atoms with van der Waals surface area (Å²) in [6, 6.07) is 6.49. The van der Waals surface area contributed by atoms with Crippen molar-refractivity contribution in [3.8, 4) is 0 Å². The minimum Gasteiger partial charge on any atom is -0.294 e. The molecule has 0 aliphatic heterocycles. The molecule has 1 aliphatic carbocycles. The number of rotatable bonds is 3. The zero-order chi connectivity index (χ0) is 17.5. The maximum atomic E-state index is 12.6. The number of carbonyl (C=O) groups excluding carboxylic acids is 1. The van der Waals surface area contributed by atoms with Crippen molar-refractivity contribution in [2.75, 3.05) is 0 Å². The Morgan fingerprint density at radius 3 is 2.13 bits per heavy atom. The van der Waals surface area contributed by atoms with Crippen molar-refractivity contribution >= 4 is 11.4 Å². The first-order valence-corrected chi connectivity index (χ1v) is 8.66. The van der Waals surface area contributed by atoms with E-state index in [9.17, 15) is 4.79 Å². The zero-order valence-corrected chi connectivity index (χ0v) is 15.9. The van der Waals surface area contributed by atoms with Crippen molar-refractivity contribution in [3.63, 3.8) is 0 Å². The van der Waals surface area contributed by atoms with E-state index in [0.29, 0.717) is 12.3 Å². The standard InChI is InChI=1S/C22H30O/c1-9-20(23)19-12-17(22(6,7)8)10-11-18(19)21-15(4)13(2)14(3)16(21)5/h10-12,15H,9H2,1-8H3. The SMILES string of the molecule is CCC(=O)c1cc(C(C)(C)C)ccc1C1=C(C)C(C)=C(C)C1C. The quantitative estimate of drug-likeness (QED) is 0.596. The van der Waals surface area contributed by atoms with Gasteiger partial charge < -0.3 is 0 Å². The third-order valence-corrected chi connectivity index (χ3v) is 5.44. The van der Waals surface area contributed by atoms with Crippen LogP contribution in [-0.2, 0) is 5.41 Å². The zero-order valence-electron chi connectivity index (χ0n) is 15.9. The van der Waals surface area contributed by atoms with Gasteiger partial charge in [0.05, 0.1) is 0 Å². The van der Waals surface area contributed by atoms with Gasteiger partial charge in [0.15, 0.2) is 5.78 Å². The predicted molar refractivity (Wildman–Crippen MR) is 99.9 cm³/mol. The highest BCUT2D eigenvalue weighted by Crippen LogP contribution is 2.44. The van der Waals surface area contributed by atoms with Crippen LogP contribution in [0.4, 0.5) is 0 Å². The molecule has 1 heteroatoms. The Labute approximate surface area is 141 Å².